The number of aromatic nitrogens is 2. The molecule has 3 nitrogen and oxygen atoms in total. The molecule has 0 saturated heterocycles. The number of nitrogens with one attached hydrogen (secondary N) is 1. The third-order valence-electron chi connectivity index (χ3n) is 2.78. The summed E-state index contributed by atoms with van der Waals surface area (Å²) in [6.45, 7) is 4.15. The van der Waals surface area contributed by atoms with Crippen LogP contribution in [-0.2, 0) is 13.6 Å². The number of hydrogen-bond acceptors (Lipinski definition) is 2. The van der Waals surface area contributed by atoms with Crippen LogP contribution in [0.5, 0.6) is 0 Å². The Morgan fingerprint density at radius 1 is 1.29 bits per heavy atom. The zero-order valence-corrected chi connectivity index (χ0v) is 10.5. The molecule has 0 aliphatic heterocycles. The summed E-state index contributed by atoms with van der Waals surface area (Å²) < 4.78 is 1.84. The highest BCUT2D eigenvalue weighted by Crippen LogP contribution is 2.22. The van der Waals surface area contributed by atoms with Gasteiger partial charge in [-0.15, -0.1) is 0 Å². The smallest absolute Gasteiger partial charge is 0.0568 e. The second-order valence-electron chi connectivity index (χ2n) is 4.24. The molecule has 0 fully saturated rings. The lowest BCUT2D eigenvalue weighted by molar-refractivity contribution is 0.676. The van der Waals surface area contributed by atoms with Crippen molar-refractivity contribution in [1.82, 2.24) is 15.1 Å². The van der Waals surface area contributed by atoms with Gasteiger partial charge in [0.2, 0.25) is 0 Å². The molecule has 2 rings (SSSR count). The highest BCUT2D eigenvalue weighted by molar-refractivity contribution is 5.65. The zero-order valence-electron chi connectivity index (χ0n) is 10.5. The molecule has 1 N–H and O–H groups in total. The van der Waals surface area contributed by atoms with Gasteiger partial charge in [-0.05, 0) is 24.1 Å². The van der Waals surface area contributed by atoms with Gasteiger partial charge in [0.1, 0.15) is 0 Å². The summed E-state index contributed by atoms with van der Waals surface area (Å²) in [5, 5.41) is 7.67. The molecule has 1 aromatic carbocycles. The molecule has 1 heterocycles. The van der Waals surface area contributed by atoms with E-state index in [1.807, 2.05) is 17.9 Å². The highest BCUT2D eigenvalue weighted by Gasteiger charge is 2.05. The summed E-state index contributed by atoms with van der Waals surface area (Å²) in [6.07, 6.45) is 5.13. The van der Waals surface area contributed by atoms with Crippen molar-refractivity contribution in [2.45, 2.75) is 19.9 Å². The Hall–Kier alpha value is -1.61. The number of nitrogens with zero attached hydrogens (tertiary/aromatic N) is 2. The second-order valence-corrected chi connectivity index (χ2v) is 4.24. The first kappa shape index (κ1) is 11.9. The average Bonchev–Trinajstić information content (AvgIpc) is 2.77. The molecule has 0 bridgehead atoms. The Bertz CT molecular complexity index is 474. The van der Waals surface area contributed by atoms with Crippen LogP contribution >= 0.6 is 0 Å². The lowest BCUT2D eigenvalue weighted by Gasteiger charge is -2.08. The van der Waals surface area contributed by atoms with Crippen LogP contribution in [-0.4, -0.2) is 16.3 Å². The Morgan fingerprint density at radius 3 is 2.82 bits per heavy atom. The number of hydrogen-bond donors (Lipinski definition) is 1. The molecule has 2 aromatic rings. The molecular weight excluding hydrogens is 210 g/mol. The summed E-state index contributed by atoms with van der Waals surface area (Å²) in [7, 11) is 1.95. The molecule has 0 saturated carbocycles. The van der Waals surface area contributed by atoms with E-state index in [4.69, 9.17) is 0 Å². The first-order chi connectivity index (χ1) is 8.31. The fraction of sp³-hybridized carbons (Fsp3) is 0.357. The fourth-order valence-electron chi connectivity index (χ4n) is 1.92. The minimum atomic E-state index is 0.916. The van der Waals surface area contributed by atoms with Crippen molar-refractivity contribution in [1.29, 1.82) is 0 Å². The highest BCUT2D eigenvalue weighted by atomic mass is 15.2. The minimum absolute atomic E-state index is 0.916. The Kier molecular flexibility index (Phi) is 3.94. The van der Waals surface area contributed by atoms with Gasteiger partial charge in [-0.1, -0.05) is 31.2 Å². The van der Waals surface area contributed by atoms with Gasteiger partial charge in [0, 0.05) is 25.4 Å². The Balaban J connectivity index is 2.21. The maximum absolute atomic E-state index is 4.23. The van der Waals surface area contributed by atoms with Crippen molar-refractivity contribution in [3.8, 4) is 11.1 Å². The van der Waals surface area contributed by atoms with Gasteiger partial charge in [0.25, 0.3) is 0 Å². The molecule has 0 spiro atoms. The third kappa shape index (κ3) is 2.94. The molecule has 0 unspecified atom stereocenters. The molecule has 1 aromatic heterocycles. The van der Waals surface area contributed by atoms with Crippen LogP contribution in [0.4, 0.5) is 0 Å². The van der Waals surface area contributed by atoms with Crippen molar-refractivity contribution < 1.29 is 0 Å². The molecular formula is C14H19N3. The van der Waals surface area contributed by atoms with Crippen LogP contribution in [0, 0.1) is 0 Å². The van der Waals surface area contributed by atoms with E-state index >= 15 is 0 Å². The van der Waals surface area contributed by atoms with Crippen LogP contribution in [0.15, 0.2) is 36.7 Å². The molecule has 0 atom stereocenters. The predicted octanol–water partition coefficient (Wildman–Crippen LogP) is 2.59. The summed E-state index contributed by atoms with van der Waals surface area (Å²) in [6, 6.07) is 8.49. The van der Waals surface area contributed by atoms with Crippen LogP contribution in [0.2, 0.25) is 0 Å². The van der Waals surface area contributed by atoms with E-state index in [1.165, 1.54) is 16.7 Å². The van der Waals surface area contributed by atoms with E-state index in [9.17, 15) is 0 Å². The first-order valence-corrected chi connectivity index (χ1v) is 6.09. The van der Waals surface area contributed by atoms with Crippen LogP contribution in [0.25, 0.3) is 11.1 Å². The van der Waals surface area contributed by atoms with E-state index in [-0.39, 0.29) is 0 Å². The molecule has 0 aliphatic rings. The Morgan fingerprint density at radius 2 is 2.12 bits per heavy atom. The normalized spacial score (nSPS) is 10.7. The Labute approximate surface area is 102 Å². The summed E-state index contributed by atoms with van der Waals surface area (Å²) in [5.74, 6) is 0. The quantitative estimate of drug-likeness (QED) is 0.799. The van der Waals surface area contributed by atoms with Gasteiger partial charge in [-0.3, -0.25) is 4.68 Å². The third-order valence-corrected chi connectivity index (χ3v) is 2.78. The van der Waals surface area contributed by atoms with Crippen molar-refractivity contribution in [2.24, 2.45) is 7.05 Å². The number of rotatable bonds is 5. The van der Waals surface area contributed by atoms with Crippen molar-refractivity contribution >= 4 is 0 Å². The molecule has 3 heteroatoms. The van der Waals surface area contributed by atoms with Gasteiger partial charge in [-0.2, -0.15) is 5.10 Å². The minimum Gasteiger partial charge on any atom is -0.313 e. The fourth-order valence-corrected chi connectivity index (χ4v) is 1.92. The van der Waals surface area contributed by atoms with E-state index < -0.39 is 0 Å². The van der Waals surface area contributed by atoms with Gasteiger partial charge in [-0.25, -0.2) is 0 Å². The van der Waals surface area contributed by atoms with Crippen molar-refractivity contribution in [3.05, 3.63) is 42.2 Å². The first-order valence-electron chi connectivity index (χ1n) is 6.09. The largest absolute Gasteiger partial charge is 0.313 e. The lowest BCUT2D eigenvalue weighted by atomic mass is 10.0. The van der Waals surface area contributed by atoms with Crippen LogP contribution in [0.3, 0.4) is 0 Å². The van der Waals surface area contributed by atoms with E-state index in [0.29, 0.717) is 0 Å². The lowest BCUT2D eigenvalue weighted by Crippen LogP contribution is -2.14. The topological polar surface area (TPSA) is 29.9 Å². The van der Waals surface area contributed by atoms with Gasteiger partial charge in [0.15, 0.2) is 0 Å². The summed E-state index contributed by atoms with van der Waals surface area (Å²) >= 11 is 0. The molecule has 0 amide bonds. The standard InChI is InChI=1S/C14H19N3/c1-3-8-15-9-12-6-4-5-7-14(12)13-10-16-17(2)11-13/h4-7,10-11,15H,3,8-9H2,1-2H3. The van der Waals surface area contributed by atoms with Crippen molar-refractivity contribution in [2.75, 3.05) is 6.54 Å². The predicted molar refractivity (Wildman–Crippen MR) is 70.6 cm³/mol. The average molecular weight is 229 g/mol. The number of benzene rings is 1. The number of aryl methyl sites for hydroxylation is 1. The zero-order chi connectivity index (χ0) is 12.1. The maximum atomic E-state index is 4.23. The van der Waals surface area contributed by atoms with Gasteiger partial charge < -0.3 is 5.32 Å². The van der Waals surface area contributed by atoms with E-state index in [2.05, 4.69) is 47.8 Å². The van der Waals surface area contributed by atoms with Crippen molar-refractivity contribution in [3.63, 3.8) is 0 Å². The van der Waals surface area contributed by atoms with Crippen LogP contribution in [0.1, 0.15) is 18.9 Å². The molecule has 0 aliphatic carbocycles. The molecule has 90 valence electrons. The second kappa shape index (κ2) is 5.64. The molecule has 0 radical (unpaired) electrons. The molecule has 17 heavy (non-hydrogen) atoms. The summed E-state index contributed by atoms with van der Waals surface area (Å²) in [4.78, 5) is 0. The SMILES string of the molecule is CCCNCc1ccccc1-c1cnn(C)c1. The maximum Gasteiger partial charge on any atom is 0.0568 e. The van der Waals surface area contributed by atoms with E-state index in [0.717, 1.165) is 19.5 Å². The summed E-state index contributed by atoms with van der Waals surface area (Å²) in [5.41, 5.74) is 3.78. The van der Waals surface area contributed by atoms with E-state index in [1.54, 1.807) is 0 Å². The monoisotopic (exact) mass is 229 g/mol. The van der Waals surface area contributed by atoms with Crippen LogP contribution < -0.4 is 5.32 Å². The van der Waals surface area contributed by atoms with Gasteiger partial charge >= 0.3 is 0 Å². The van der Waals surface area contributed by atoms with Gasteiger partial charge in [0.05, 0.1) is 6.20 Å².